The number of allylic oxidation sites excluding steroid dienone is 3. The SMILES string of the molecule is C=CCc1cccc([C@H]2C3=CC[C@@H]4C(=O)N(Cc5cccs5)C(=O)[C@@H]4[C@@H]3C[C@@]3(Cl)C(=O)N(C)C(=O)[C@@]23Cl)c1O. The lowest BCUT2D eigenvalue weighted by molar-refractivity contribution is -0.141. The molecule has 6 rings (SSSR count). The maximum Gasteiger partial charge on any atom is 0.253 e. The Morgan fingerprint density at radius 1 is 1.10 bits per heavy atom. The van der Waals surface area contributed by atoms with Crippen LogP contribution in [0.2, 0.25) is 0 Å². The highest BCUT2D eigenvalue weighted by Crippen LogP contribution is 2.66. The van der Waals surface area contributed by atoms with Gasteiger partial charge in [-0.15, -0.1) is 41.1 Å². The molecule has 0 unspecified atom stereocenters. The Morgan fingerprint density at radius 3 is 2.56 bits per heavy atom. The molecule has 2 saturated heterocycles. The predicted octanol–water partition coefficient (Wildman–Crippen LogP) is 4.37. The van der Waals surface area contributed by atoms with Crippen molar-refractivity contribution in [1.82, 2.24) is 9.80 Å². The Labute approximate surface area is 239 Å². The molecule has 202 valence electrons. The Balaban J connectivity index is 1.51. The lowest BCUT2D eigenvalue weighted by atomic mass is 9.56. The Hall–Kier alpha value is -2.94. The van der Waals surface area contributed by atoms with Crippen molar-refractivity contribution < 1.29 is 24.3 Å². The summed E-state index contributed by atoms with van der Waals surface area (Å²) in [6, 6.07) is 8.91. The fourth-order valence-electron chi connectivity index (χ4n) is 7.03. The van der Waals surface area contributed by atoms with E-state index in [1.807, 2.05) is 23.6 Å². The number of benzene rings is 1. The monoisotopic (exact) mass is 584 g/mol. The molecular formula is C29H26Cl2N2O5S. The van der Waals surface area contributed by atoms with Crippen molar-refractivity contribution in [1.29, 1.82) is 0 Å². The highest BCUT2D eigenvalue weighted by Gasteiger charge is 2.76. The van der Waals surface area contributed by atoms with Crippen LogP contribution in [-0.4, -0.2) is 55.3 Å². The van der Waals surface area contributed by atoms with Crippen LogP contribution in [-0.2, 0) is 32.1 Å². The number of alkyl halides is 2. The molecule has 39 heavy (non-hydrogen) atoms. The second-order valence-electron chi connectivity index (χ2n) is 10.7. The number of thiophene rings is 1. The quantitative estimate of drug-likeness (QED) is 0.320. The lowest BCUT2D eigenvalue weighted by Crippen LogP contribution is -2.60. The molecule has 2 aromatic rings. The first kappa shape index (κ1) is 26.3. The zero-order chi connectivity index (χ0) is 27.9. The molecule has 4 amide bonds. The van der Waals surface area contributed by atoms with E-state index in [2.05, 4.69) is 6.58 Å². The van der Waals surface area contributed by atoms with Crippen LogP contribution in [0.15, 0.2) is 60.0 Å². The maximum atomic E-state index is 13.9. The Bertz CT molecular complexity index is 1470. The maximum absolute atomic E-state index is 13.9. The van der Waals surface area contributed by atoms with Gasteiger partial charge < -0.3 is 5.11 Å². The van der Waals surface area contributed by atoms with Crippen molar-refractivity contribution in [3.8, 4) is 5.75 Å². The third-order valence-corrected chi connectivity index (χ3v) is 11.1. The van der Waals surface area contributed by atoms with Gasteiger partial charge >= 0.3 is 0 Å². The van der Waals surface area contributed by atoms with E-state index in [0.29, 0.717) is 23.1 Å². The number of carbonyl (C=O) groups excluding carboxylic acids is 4. The molecule has 3 heterocycles. The summed E-state index contributed by atoms with van der Waals surface area (Å²) in [5.41, 5.74) is 1.59. The van der Waals surface area contributed by atoms with Gasteiger partial charge in [0, 0.05) is 23.4 Å². The largest absolute Gasteiger partial charge is 0.507 e. The van der Waals surface area contributed by atoms with E-state index >= 15 is 0 Å². The molecule has 6 atom stereocenters. The fourth-order valence-corrected chi connectivity index (χ4v) is 8.74. The van der Waals surface area contributed by atoms with E-state index in [1.54, 1.807) is 24.3 Å². The molecule has 3 fully saturated rings. The number of hydrogen-bond donors (Lipinski definition) is 1. The molecule has 1 N–H and O–H groups in total. The van der Waals surface area contributed by atoms with Gasteiger partial charge in [0.15, 0.2) is 9.75 Å². The average molecular weight is 586 g/mol. The van der Waals surface area contributed by atoms with Gasteiger partial charge in [0.05, 0.1) is 18.4 Å². The fraction of sp³-hybridized carbons (Fsp3) is 0.379. The number of hydrogen-bond acceptors (Lipinski definition) is 6. The normalized spacial score (nSPS) is 33.7. The molecule has 1 aromatic carbocycles. The summed E-state index contributed by atoms with van der Waals surface area (Å²) in [6.45, 7) is 3.94. The van der Waals surface area contributed by atoms with Crippen molar-refractivity contribution in [2.75, 3.05) is 7.05 Å². The summed E-state index contributed by atoms with van der Waals surface area (Å²) in [5, 5.41) is 13.2. The van der Waals surface area contributed by atoms with Gasteiger partial charge in [0.1, 0.15) is 5.75 Å². The van der Waals surface area contributed by atoms with Crippen molar-refractivity contribution in [2.45, 2.75) is 41.5 Å². The third-order valence-electron chi connectivity index (χ3n) is 8.83. The molecule has 0 spiro atoms. The summed E-state index contributed by atoms with van der Waals surface area (Å²) in [6.07, 6.45) is 4.10. The third kappa shape index (κ3) is 3.41. The topological polar surface area (TPSA) is 95.0 Å². The van der Waals surface area contributed by atoms with E-state index in [4.69, 9.17) is 23.2 Å². The van der Waals surface area contributed by atoms with Crippen LogP contribution in [0.1, 0.15) is 34.8 Å². The summed E-state index contributed by atoms with van der Waals surface area (Å²) in [7, 11) is 1.34. The predicted molar refractivity (Wildman–Crippen MR) is 147 cm³/mol. The number of fused-ring (bicyclic) bond motifs is 4. The number of halogens is 2. The second-order valence-corrected chi connectivity index (χ2v) is 13.0. The molecule has 10 heteroatoms. The zero-order valence-electron chi connectivity index (χ0n) is 21.1. The van der Waals surface area contributed by atoms with Crippen molar-refractivity contribution >= 4 is 58.2 Å². The van der Waals surface area contributed by atoms with E-state index in [9.17, 15) is 24.3 Å². The molecular weight excluding hydrogens is 559 g/mol. The number of phenolic OH excluding ortho intramolecular Hbond substituents is 1. The van der Waals surface area contributed by atoms with Gasteiger partial charge in [-0.2, -0.15) is 0 Å². The molecule has 7 nitrogen and oxygen atoms in total. The smallest absolute Gasteiger partial charge is 0.253 e. The summed E-state index contributed by atoms with van der Waals surface area (Å²) >= 11 is 15.8. The number of amides is 4. The van der Waals surface area contributed by atoms with E-state index in [-0.39, 0.29) is 37.0 Å². The van der Waals surface area contributed by atoms with Crippen LogP contribution < -0.4 is 0 Å². The van der Waals surface area contributed by atoms with Crippen LogP contribution in [0.5, 0.6) is 5.75 Å². The average Bonchev–Trinajstić information content (AvgIpc) is 3.55. The Kier molecular flexibility index (Phi) is 6.10. The van der Waals surface area contributed by atoms with Gasteiger partial charge in [-0.3, -0.25) is 29.0 Å². The van der Waals surface area contributed by atoms with Crippen LogP contribution in [0.4, 0.5) is 0 Å². The minimum absolute atomic E-state index is 0.0620. The summed E-state index contributed by atoms with van der Waals surface area (Å²) in [4.78, 5) is 53.8. The number of carbonyl (C=O) groups is 4. The highest BCUT2D eigenvalue weighted by atomic mass is 35.5. The van der Waals surface area contributed by atoms with Crippen molar-refractivity contribution in [3.05, 3.63) is 76.0 Å². The first-order valence-corrected chi connectivity index (χ1v) is 14.4. The first-order valence-electron chi connectivity index (χ1n) is 12.8. The minimum Gasteiger partial charge on any atom is -0.507 e. The number of likely N-dealkylation sites (tertiary alicyclic amines) is 2. The molecule has 0 bridgehead atoms. The van der Waals surface area contributed by atoms with Crippen LogP contribution in [0.3, 0.4) is 0 Å². The molecule has 2 aliphatic heterocycles. The highest BCUT2D eigenvalue weighted by molar-refractivity contribution is 7.09. The summed E-state index contributed by atoms with van der Waals surface area (Å²) in [5.74, 6) is -4.88. The van der Waals surface area contributed by atoms with E-state index in [0.717, 1.165) is 9.78 Å². The molecule has 0 radical (unpaired) electrons. The molecule has 2 aliphatic carbocycles. The number of rotatable bonds is 5. The standard InChI is InChI=1S/C29H26Cl2N2O5S/c1-3-6-15-7-4-9-19(23(15)34)22-17-10-11-18-21(25(36)33(24(18)35)14-16-8-5-12-39-16)20(17)13-28(30)26(37)32(2)27(38)29(22,28)31/h3-5,7-10,12,18,20-22,34H,1,6,11,13-14H2,2H3/t18-,20+,21-,22+,28+,29-/m0/s1. The number of phenols is 1. The van der Waals surface area contributed by atoms with Crippen LogP contribution in [0, 0.1) is 17.8 Å². The lowest BCUT2D eigenvalue weighted by Gasteiger charge is -2.50. The number of nitrogens with zero attached hydrogens (tertiary/aromatic N) is 2. The van der Waals surface area contributed by atoms with Crippen LogP contribution >= 0.6 is 34.5 Å². The van der Waals surface area contributed by atoms with Crippen molar-refractivity contribution in [3.63, 3.8) is 0 Å². The molecule has 1 aromatic heterocycles. The van der Waals surface area contributed by atoms with Crippen LogP contribution in [0.25, 0.3) is 0 Å². The minimum atomic E-state index is -1.93. The van der Waals surface area contributed by atoms with E-state index < -0.39 is 45.2 Å². The van der Waals surface area contributed by atoms with Gasteiger partial charge in [-0.05, 0) is 42.2 Å². The van der Waals surface area contributed by atoms with E-state index in [1.165, 1.54) is 23.3 Å². The molecule has 4 aliphatic rings. The molecule has 1 saturated carbocycles. The first-order chi connectivity index (χ1) is 18.6. The second kappa shape index (κ2) is 9.04. The van der Waals surface area contributed by atoms with Crippen molar-refractivity contribution in [2.24, 2.45) is 17.8 Å². The van der Waals surface area contributed by atoms with Gasteiger partial charge in [0.25, 0.3) is 11.8 Å². The number of para-hydroxylation sites is 1. The zero-order valence-corrected chi connectivity index (χ0v) is 23.4. The number of aromatic hydroxyl groups is 1. The number of imide groups is 2. The summed E-state index contributed by atoms with van der Waals surface area (Å²) < 4.78 is 0. The van der Waals surface area contributed by atoms with Gasteiger partial charge in [-0.25, -0.2) is 0 Å². The van der Waals surface area contributed by atoms with Gasteiger partial charge in [0.2, 0.25) is 11.8 Å². The van der Waals surface area contributed by atoms with Gasteiger partial charge in [-0.1, -0.05) is 42.0 Å². The Morgan fingerprint density at radius 2 is 1.87 bits per heavy atom.